The van der Waals surface area contributed by atoms with Gasteiger partial charge in [-0.15, -0.1) is 0 Å². The predicted molar refractivity (Wildman–Crippen MR) is 85.0 cm³/mol. The minimum atomic E-state index is -4.53. The van der Waals surface area contributed by atoms with Crippen LogP contribution in [0.3, 0.4) is 0 Å². The van der Waals surface area contributed by atoms with Crippen LogP contribution in [-0.4, -0.2) is 19.0 Å². The Morgan fingerprint density at radius 2 is 1.88 bits per heavy atom. The summed E-state index contributed by atoms with van der Waals surface area (Å²) in [7, 11) is 1.49. The van der Waals surface area contributed by atoms with Gasteiger partial charge in [-0.05, 0) is 35.9 Å². The Morgan fingerprint density at radius 1 is 1.12 bits per heavy atom. The van der Waals surface area contributed by atoms with Gasteiger partial charge in [-0.25, -0.2) is 9.79 Å². The second kappa shape index (κ2) is 6.43. The molecule has 0 atom stereocenters. The fourth-order valence-electron chi connectivity index (χ4n) is 2.32. The Labute approximate surface area is 141 Å². The number of alkyl halides is 3. The van der Waals surface area contributed by atoms with Gasteiger partial charge in [0.2, 0.25) is 5.90 Å². The van der Waals surface area contributed by atoms with E-state index in [0.29, 0.717) is 11.3 Å². The molecule has 1 aliphatic rings. The molecule has 0 bridgehead atoms. The van der Waals surface area contributed by atoms with Crippen molar-refractivity contribution in [3.05, 3.63) is 70.9 Å². The molecule has 1 heterocycles. The molecule has 0 N–H and O–H groups in total. The van der Waals surface area contributed by atoms with Gasteiger partial charge in [0.25, 0.3) is 0 Å². The number of carbonyl (C=O) groups is 1. The fraction of sp³-hybridized carbons (Fsp3) is 0.111. The zero-order chi connectivity index (χ0) is 18.0. The van der Waals surface area contributed by atoms with Crippen molar-refractivity contribution in [2.45, 2.75) is 6.18 Å². The Balaban J connectivity index is 2.00. The fourth-order valence-corrected chi connectivity index (χ4v) is 2.32. The van der Waals surface area contributed by atoms with Gasteiger partial charge in [-0.3, -0.25) is 0 Å². The number of hydrogen-bond donors (Lipinski definition) is 0. The first-order chi connectivity index (χ1) is 11.9. The summed E-state index contributed by atoms with van der Waals surface area (Å²) >= 11 is 0. The highest BCUT2D eigenvalue weighted by Gasteiger charge is 2.33. The molecule has 0 radical (unpaired) electrons. The second-order valence-corrected chi connectivity index (χ2v) is 5.15. The number of cyclic esters (lactones) is 1. The summed E-state index contributed by atoms with van der Waals surface area (Å²) in [6.07, 6.45) is -3.46. The van der Waals surface area contributed by atoms with E-state index in [2.05, 4.69) is 4.99 Å². The number of rotatable bonds is 3. The Morgan fingerprint density at radius 3 is 2.60 bits per heavy atom. The Hall–Kier alpha value is -3.09. The number of ether oxygens (including phenoxy) is 2. The minimum Gasteiger partial charge on any atom is -0.497 e. The van der Waals surface area contributed by atoms with Gasteiger partial charge in [0.05, 0.1) is 12.7 Å². The van der Waals surface area contributed by atoms with Crippen molar-refractivity contribution in [2.24, 2.45) is 4.99 Å². The number of nitrogens with zero attached hydrogens (tertiary/aromatic N) is 1. The number of hydrogen-bond acceptors (Lipinski definition) is 4. The monoisotopic (exact) mass is 347 g/mol. The molecular weight excluding hydrogens is 335 g/mol. The zero-order valence-corrected chi connectivity index (χ0v) is 13.0. The van der Waals surface area contributed by atoms with Crippen LogP contribution in [0.5, 0.6) is 5.75 Å². The molecular formula is C18H12F3NO3. The summed E-state index contributed by atoms with van der Waals surface area (Å²) in [6.45, 7) is 0. The van der Waals surface area contributed by atoms with E-state index in [1.165, 1.54) is 25.3 Å². The lowest BCUT2D eigenvalue weighted by Crippen LogP contribution is -2.08. The molecule has 0 saturated carbocycles. The lowest BCUT2D eigenvalue weighted by molar-refractivity contribution is -0.137. The molecule has 0 spiro atoms. The summed E-state index contributed by atoms with van der Waals surface area (Å²) in [4.78, 5) is 16.0. The maximum Gasteiger partial charge on any atom is 0.416 e. The average Bonchev–Trinajstić information content (AvgIpc) is 2.95. The summed E-state index contributed by atoms with van der Waals surface area (Å²) in [6, 6.07) is 11.6. The van der Waals surface area contributed by atoms with Crippen LogP contribution >= 0.6 is 0 Å². The van der Waals surface area contributed by atoms with E-state index >= 15 is 0 Å². The number of halogens is 3. The molecule has 0 amide bonds. The van der Waals surface area contributed by atoms with Gasteiger partial charge in [0, 0.05) is 5.56 Å². The van der Waals surface area contributed by atoms with E-state index < -0.39 is 17.7 Å². The Bertz CT molecular complexity index is 885. The van der Waals surface area contributed by atoms with E-state index in [4.69, 9.17) is 9.47 Å². The van der Waals surface area contributed by atoms with Crippen LogP contribution in [-0.2, 0) is 15.7 Å². The van der Waals surface area contributed by atoms with Crippen LogP contribution in [0.15, 0.2) is 59.2 Å². The molecule has 1 aliphatic heterocycles. The second-order valence-electron chi connectivity index (χ2n) is 5.15. The van der Waals surface area contributed by atoms with E-state index in [9.17, 15) is 18.0 Å². The minimum absolute atomic E-state index is 0.0136. The van der Waals surface area contributed by atoms with Gasteiger partial charge in [-0.2, -0.15) is 13.2 Å². The molecule has 2 aromatic rings. The van der Waals surface area contributed by atoms with Crippen molar-refractivity contribution < 1.29 is 27.4 Å². The third-order valence-corrected chi connectivity index (χ3v) is 3.50. The number of carbonyl (C=O) groups excluding carboxylic acids is 1. The van der Waals surface area contributed by atoms with Crippen LogP contribution in [0.2, 0.25) is 0 Å². The quantitative estimate of drug-likeness (QED) is 0.621. The number of aliphatic imine (C=N–C) groups is 1. The SMILES string of the molecule is COc1cccc(C2=NC(=Cc3ccccc3C(F)(F)F)C(=O)O2)c1. The highest BCUT2D eigenvalue weighted by atomic mass is 19.4. The lowest BCUT2D eigenvalue weighted by Gasteiger charge is -2.09. The number of esters is 1. The highest BCUT2D eigenvalue weighted by Crippen LogP contribution is 2.33. The van der Waals surface area contributed by atoms with Crippen LogP contribution in [0, 0.1) is 0 Å². The summed E-state index contributed by atoms with van der Waals surface area (Å²) in [5.74, 6) is -0.259. The van der Waals surface area contributed by atoms with Crippen molar-refractivity contribution in [3.8, 4) is 5.75 Å². The molecule has 7 heteroatoms. The normalized spacial score (nSPS) is 15.9. The Kier molecular flexibility index (Phi) is 4.31. The standard InChI is InChI=1S/C18H12F3NO3/c1-24-13-7-4-6-12(9-13)16-22-15(17(23)25-16)10-11-5-2-3-8-14(11)18(19,20)21/h2-10H,1H3. The van der Waals surface area contributed by atoms with Crippen LogP contribution in [0.25, 0.3) is 6.08 Å². The van der Waals surface area contributed by atoms with Crippen LogP contribution in [0.4, 0.5) is 13.2 Å². The van der Waals surface area contributed by atoms with E-state index in [-0.39, 0.29) is 17.2 Å². The largest absolute Gasteiger partial charge is 0.497 e. The molecule has 0 aliphatic carbocycles. The van der Waals surface area contributed by atoms with Crippen molar-refractivity contribution in [3.63, 3.8) is 0 Å². The van der Waals surface area contributed by atoms with Gasteiger partial charge in [0.15, 0.2) is 5.70 Å². The van der Waals surface area contributed by atoms with E-state index in [0.717, 1.165) is 12.1 Å². The third kappa shape index (κ3) is 3.55. The van der Waals surface area contributed by atoms with Gasteiger partial charge in [0.1, 0.15) is 5.75 Å². The van der Waals surface area contributed by atoms with Crippen molar-refractivity contribution >= 4 is 17.9 Å². The molecule has 4 nitrogen and oxygen atoms in total. The lowest BCUT2D eigenvalue weighted by atomic mass is 10.1. The average molecular weight is 347 g/mol. The first kappa shape index (κ1) is 16.8. The molecule has 0 aromatic heterocycles. The van der Waals surface area contributed by atoms with Crippen LogP contribution in [0.1, 0.15) is 16.7 Å². The summed E-state index contributed by atoms with van der Waals surface area (Å²) in [5, 5.41) is 0. The first-order valence-electron chi connectivity index (χ1n) is 7.21. The predicted octanol–water partition coefficient (Wildman–Crippen LogP) is 4.06. The van der Waals surface area contributed by atoms with Crippen LogP contribution < -0.4 is 4.74 Å². The molecule has 128 valence electrons. The summed E-state index contributed by atoms with van der Waals surface area (Å²) in [5.41, 5.74) is -0.715. The molecule has 25 heavy (non-hydrogen) atoms. The zero-order valence-electron chi connectivity index (χ0n) is 13.0. The topological polar surface area (TPSA) is 47.9 Å². The van der Waals surface area contributed by atoms with Crippen molar-refractivity contribution in [1.82, 2.24) is 0 Å². The highest BCUT2D eigenvalue weighted by molar-refractivity contribution is 6.13. The van der Waals surface area contributed by atoms with Gasteiger partial charge in [-0.1, -0.05) is 24.3 Å². The third-order valence-electron chi connectivity index (χ3n) is 3.50. The van der Waals surface area contributed by atoms with E-state index in [1.54, 1.807) is 24.3 Å². The van der Waals surface area contributed by atoms with Gasteiger partial charge >= 0.3 is 12.1 Å². The molecule has 3 rings (SSSR count). The molecule has 0 fully saturated rings. The molecule has 2 aromatic carbocycles. The smallest absolute Gasteiger partial charge is 0.416 e. The van der Waals surface area contributed by atoms with Gasteiger partial charge < -0.3 is 9.47 Å². The number of methoxy groups -OCH3 is 1. The molecule has 0 saturated heterocycles. The maximum atomic E-state index is 13.0. The van der Waals surface area contributed by atoms with E-state index in [1.807, 2.05) is 0 Å². The van der Waals surface area contributed by atoms with Crippen molar-refractivity contribution in [2.75, 3.05) is 7.11 Å². The molecule has 0 unspecified atom stereocenters. The summed E-state index contributed by atoms with van der Waals surface area (Å²) < 4.78 is 49.3. The first-order valence-corrected chi connectivity index (χ1v) is 7.21. The maximum absolute atomic E-state index is 13.0. The number of benzene rings is 2. The van der Waals surface area contributed by atoms with Crippen molar-refractivity contribution in [1.29, 1.82) is 0 Å².